The summed E-state index contributed by atoms with van der Waals surface area (Å²) in [5.41, 5.74) is -2.48. The fourth-order valence-corrected chi connectivity index (χ4v) is 1.66. The summed E-state index contributed by atoms with van der Waals surface area (Å²) in [4.78, 5) is 48.5. The second kappa shape index (κ2) is 4.77. The van der Waals surface area contributed by atoms with Gasteiger partial charge in [0.15, 0.2) is 0 Å². The van der Waals surface area contributed by atoms with Crippen molar-refractivity contribution >= 4 is 23.8 Å². The highest BCUT2D eigenvalue weighted by Crippen LogP contribution is 2.18. The molecule has 4 amide bonds. The van der Waals surface area contributed by atoms with Crippen LogP contribution < -0.4 is 5.32 Å². The van der Waals surface area contributed by atoms with Gasteiger partial charge in [0.2, 0.25) is 5.91 Å². The standard InChI is InChI=1S/C12H19N3O5/c1-11(2)8(17)15(10(20)13-11)6-7(16)14(5)12(3,4)9(18)19/h6H2,1-5H3,(H,13,20)(H,18,19). The van der Waals surface area contributed by atoms with E-state index in [1.54, 1.807) is 0 Å². The minimum atomic E-state index is -1.42. The van der Waals surface area contributed by atoms with E-state index >= 15 is 0 Å². The zero-order valence-electron chi connectivity index (χ0n) is 12.2. The Kier molecular flexibility index (Phi) is 3.80. The zero-order chi connectivity index (χ0) is 15.9. The number of imide groups is 1. The molecule has 0 saturated carbocycles. The molecule has 2 N–H and O–H groups in total. The van der Waals surface area contributed by atoms with Gasteiger partial charge in [-0.15, -0.1) is 0 Å². The number of urea groups is 1. The van der Waals surface area contributed by atoms with Crippen LogP contribution in [0.5, 0.6) is 0 Å². The van der Waals surface area contributed by atoms with Gasteiger partial charge in [-0.2, -0.15) is 0 Å². The molecule has 0 aromatic heterocycles. The van der Waals surface area contributed by atoms with Gasteiger partial charge in [0.1, 0.15) is 17.6 Å². The highest BCUT2D eigenvalue weighted by atomic mass is 16.4. The van der Waals surface area contributed by atoms with E-state index in [9.17, 15) is 19.2 Å². The number of hydrogen-bond donors (Lipinski definition) is 2. The maximum absolute atomic E-state index is 12.0. The number of nitrogens with one attached hydrogen (secondary N) is 1. The Balaban J connectivity index is 2.85. The Hall–Kier alpha value is -2.12. The summed E-state index contributed by atoms with van der Waals surface area (Å²) in [6, 6.07) is -0.658. The number of aliphatic carboxylic acids is 1. The number of carboxylic acids is 1. The average molecular weight is 285 g/mol. The van der Waals surface area contributed by atoms with Crippen molar-refractivity contribution in [3.8, 4) is 0 Å². The predicted octanol–water partition coefficient (Wildman–Crippen LogP) is -0.362. The van der Waals surface area contributed by atoms with Crippen LogP contribution in [-0.2, 0) is 14.4 Å². The zero-order valence-corrected chi connectivity index (χ0v) is 12.2. The lowest BCUT2D eigenvalue weighted by molar-refractivity contribution is -0.155. The van der Waals surface area contributed by atoms with E-state index in [0.29, 0.717) is 0 Å². The lowest BCUT2D eigenvalue weighted by atomic mass is 10.0. The molecule has 0 aromatic carbocycles. The first-order chi connectivity index (χ1) is 8.91. The molecule has 0 spiro atoms. The molecule has 8 heteroatoms. The third kappa shape index (κ3) is 2.59. The number of carboxylic acid groups (broad SMARTS) is 1. The quantitative estimate of drug-likeness (QED) is 0.686. The molecule has 1 fully saturated rings. The second-order valence-electron chi connectivity index (χ2n) is 5.76. The van der Waals surface area contributed by atoms with Crippen molar-refractivity contribution in [2.45, 2.75) is 38.8 Å². The third-order valence-corrected chi connectivity index (χ3v) is 3.47. The maximum Gasteiger partial charge on any atom is 0.329 e. The van der Waals surface area contributed by atoms with Crippen molar-refractivity contribution in [1.82, 2.24) is 15.1 Å². The molecule has 1 rings (SSSR count). The van der Waals surface area contributed by atoms with Crippen LogP contribution >= 0.6 is 0 Å². The third-order valence-electron chi connectivity index (χ3n) is 3.47. The van der Waals surface area contributed by atoms with Crippen LogP contribution in [-0.4, -0.2) is 63.4 Å². The maximum atomic E-state index is 12.0. The highest BCUT2D eigenvalue weighted by Gasteiger charge is 2.46. The molecule has 0 bridgehead atoms. The Morgan fingerprint density at radius 3 is 2.20 bits per heavy atom. The first-order valence-corrected chi connectivity index (χ1v) is 6.05. The average Bonchev–Trinajstić information content (AvgIpc) is 2.50. The Labute approximate surface area is 116 Å². The minimum absolute atomic E-state index is 0.485. The molecule has 0 aliphatic carbocycles. The molecule has 1 saturated heterocycles. The lowest BCUT2D eigenvalue weighted by Crippen LogP contribution is -2.54. The molecule has 0 aromatic rings. The monoisotopic (exact) mass is 285 g/mol. The Bertz CT molecular complexity index is 483. The minimum Gasteiger partial charge on any atom is -0.480 e. The van der Waals surface area contributed by atoms with E-state index in [4.69, 9.17) is 5.11 Å². The summed E-state index contributed by atoms with van der Waals surface area (Å²) in [7, 11) is 1.32. The van der Waals surface area contributed by atoms with E-state index < -0.39 is 41.4 Å². The smallest absolute Gasteiger partial charge is 0.329 e. The van der Waals surface area contributed by atoms with Crippen LogP contribution in [0.4, 0.5) is 4.79 Å². The Morgan fingerprint density at radius 1 is 1.35 bits per heavy atom. The predicted molar refractivity (Wildman–Crippen MR) is 68.8 cm³/mol. The molecule has 1 aliphatic rings. The molecular weight excluding hydrogens is 266 g/mol. The van der Waals surface area contributed by atoms with Gasteiger partial charge in [-0.1, -0.05) is 0 Å². The largest absolute Gasteiger partial charge is 0.480 e. The van der Waals surface area contributed by atoms with Gasteiger partial charge in [-0.3, -0.25) is 14.5 Å². The summed E-state index contributed by atoms with van der Waals surface area (Å²) in [5, 5.41) is 11.5. The number of amides is 4. The van der Waals surface area contributed by atoms with Crippen molar-refractivity contribution in [3.63, 3.8) is 0 Å². The SMILES string of the molecule is CN(C(=O)CN1C(=O)NC(C)(C)C1=O)C(C)(C)C(=O)O. The molecule has 0 unspecified atom stereocenters. The van der Waals surface area contributed by atoms with Gasteiger partial charge in [-0.25, -0.2) is 9.59 Å². The van der Waals surface area contributed by atoms with E-state index in [1.165, 1.54) is 34.7 Å². The molecule has 8 nitrogen and oxygen atoms in total. The van der Waals surface area contributed by atoms with Gasteiger partial charge in [-0.05, 0) is 27.7 Å². The molecule has 20 heavy (non-hydrogen) atoms. The Morgan fingerprint density at radius 2 is 1.85 bits per heavy atom. The van der Waals surface area contributed by atoms with Gasteiger partial charge in [0.05, 0.1) is 0 Å². The van der Waals surface area contributed by atoms with Crippen LogP contribution in [0.3, 0.4) is 0 Å². The number of nitrogens with zero attached hydrogens (tertiary/aromatic N) is 2. The molecule has 1 heterocycles. The number of rotatable bonds is 4. The summed E-state index contributed by atoms with van der Waals surface area (Å²) in [6.45, 7) is 5.30. The normalized spacial score (nSPS) is 17.9. The van der Waals surface area contributed by atoms with Crippen LogP contribution in [0, 0.1) is 0 Å². The molecule has 0 atom stereocenters. The first-order valence-electron chi connectivity index (χ1n) is 6.05. The molecular formula is C12H19N3O5. The van der Waals surface area contributed by atoms with Gasteiger partial charge < -0.3 is 15.3 Å². The van der Waals surface area contributed by atoms with Crippen molar-refractivity contribution in [1.29, 1.82) is 0 Å². The fraction of sp³-hybridized carbons (Fsp3) is 0.667. The second-order valence-corrected chi connectivity index (χ2v) is 5.76. The topological polar surface area (TPSA) is 107 Å². The fourth-order valence-electron chi connectivity index (χ4n) is 1.66. The van der Waals surface area contributed by atoms with E-state index in [-0.39, 0.29) is 0 Å². The molecule has 0 radical (unpaired) electrons. The van der Waals surface area contributed by atoms with Gasteiger partial charge in [0, 0.05) is 7.05 Å². The van der Waals surface area contributed by atoms with Crippen LogP contribution in [0.1, 0.15) is 27.7 Å². The van der Waals surface area contributed by atoms with Crippen molar-refractivity contribution < 1.29 is 24.3 Å². The summed E-state index contributed by atoms with van der Waals surface area (Å²) in [6.07, 6.45) is 0. The molecule has 112 valence electrons. The van der Waals surface area contributed by atoms with Gasteiger partial charge >= 0.3 is 12.0 Å². The number of likely N-dealkylation sites (N-methyl/N-ethyl adjacent to an activating group) is 1. The number of carbonyl (C=O) groups is 4. The van der Waals surface area contributed by atoms with Crippen LogP contribution in [0.15, 0.2) is 0 Å². The van der Waals surface area contributed by atoms with Crippen molar-refractivity contribution in [2.24, 2.45) is 0 Å². The van der Waals surface area contributed by atoms with Gasteiger partial charge in [0.25, 0.3) is 5.91 Å². The van der Waals surface area contributed by atoms with E-state index in [0.717, 1.165) is 9.80 Å². The summed E-state index contributed by atoms with van der Waals surface area (Å²) in [5.74, 6) is -2.32. The number of carbonyl (C=O) groups excluding carboxylic acids is 3. The highest BCUT2D eigenvalue weighted by molar-refractivity contribution is 6.08. The van der Waals surface area contributed by atoms with E-state index in [1.807, 2.05) is 0 Å². The lowest BCUT2D eigenvalue weighted by Gasteiger charge is -2.32. The van der Waals surface area contributed by atoms with Crippen molar-refractivity contribution in [3.05, 3.63) is 0 Å². The van der Waals surface area contributed by atoms with Crippen molar-refractivity contribution in [2.75, 3.05) is 13.6 Å². The van der Waals surface area contributed by atoms with E-state index in [2.05, 4.69) is 5.32 Å². The van der Waals surface area contributed by atoms with Crippen LogP contribution in [0.2, 0.25) is 0 Å². The molecule has 1 aliphatic heterocycles. The summed E-state index contributed by atoms with van der Waals surface area (Å²) < 4.78 is 0. The van der Waals surface area contributed by atoms with Crippen LogP contribution in [0.25, 0.3) is 0 Å². The first kappa shape index (κ1) is 15.9. The number of hydrogen-bond acceptors (Lipinski definition) is 4. The summed E-state index contributed by atoms with van der Waals surface area (Å²) >= 11 is 0.